The van der Waals surface area contributed by atoms with E-state index in [4.69, 9.17) is 4.74 Å². The lowest BCUT2D eigenvalue weighted by molar-refractivity contribution is 0.0971. The molecule has 4 nitrogen and oxygen atoms in total. The number of ketones is 1. The van der Waals surface area contributed by atoms with Crippen molar-refractivity contribution in [3.8, 4) is 5.75 Å². The van der Waals surface area contributed by atoms with Gasteiger partial charge in [0, 0.05) is 42.7 Å². The van der Waals surface area contributed by atoms with Crippen LogP contribution in [0.2, 0.25) is 0 Å². The molecular formula is C22H27Cl2FN2O2. The number of likely N-dealkylation sites (tertiary alicyclic amines) is 1. The fraction of sp³-hybridized carbons (Fsp3) is 0.409. The first-order valence-corrected chi connectivity index (χ1v) is 9.59. The number of nitrogens with one attached hydrogen (secondary N) is 1. The minimum absolute atomic E-state index is 0. The Kier molecular flexibility index (Phi) is 8.32. The number of rotatable bonds is 6. The molecule has 2 atom stereocenters. The third-order valence-corrected chi connectivity index (χ3v) is 5.74. The number of carbonyl (C=O) groups is 1. The van der Waals surface area contributed by atoms with Crippen LogP contribution in [0.1, 0.15) is 41.1 Å². The van der Waals surface area contributed by atoms with Gasteiger partial charge in [-0.15, -0.1) is 24.8 Å². The van der Waals surface area contributed by atoms with Gasteiger partial charge in [0.1, 0.15) is 11.6 Å². The van der Waals surface area contributed by atoms with Crippen LogP contribution in [0.5, 0.6) is 5.75 Å². The number of fused-ring (bicyclic) bond motifs is 3. The van der Waals surface area contributed by atoms with Crippen molar-refractivity contribution in [2.75, 3.05) is 32.1 Å². The molecule has 0 radical (unpaired) electrons. The van der Waals surface area contributed by atoms with E-state index < -0.39 is 0 Å². The first-order chi connectivity index (χ1) is 13.1. The number of hydrogen-bond donors (Lipinski definition) is 1. The van der Waals surface area contributed by atoms with Gasteiger partial charge in [-0.3, -0.25) is 4.79 Å². The molecule has 0 saturated carbocycles. The molecule has 1 N–H and O–H groups in total. The highest BCUT2D eigenvalue weighted by Gasteiger charge is 2.36. The van der Waals surface area contributed by atoms with E-state index in [1.807, 2.05) is 6.07 Å². The van der Waals surface area contributed by atoms with E-state index >= 15 is 0 Å². The summed E-state index contributed by atoms with van der Waals surface area (Å²) in [7, 11) is 1.70. The molecule has 2 heterocycles. The van der Waals surface area contributed by atoms with Crippen LogP contribution in [0, 0.1) is 5.82 Å². The Hall–Kier alpha value is -1.82. The zero-order valence-electron chi connectivity index (χ0n) is 16.4. The van der Waals surface area contributed by atoms with Gasteiger partial charge in [-0.25, -0.2) is 4.39 Å². The molecule has 1 fully saturated rings. The number of carbonyl (C=O) groups excluding carboxylic acids is 1. The lowest BCUT2D eigenvalue weighted by atomic mass is 9.89. The normalized spacial score (nSPS) is 19.8. The monoisotopic (exact) mass is 440 g/mol. The van der Waals surface area contributed by atoms with Crippen molar-refractivity contribution in [2.24, 2.45) is 0 Å². The number of nitrogens with zero attached hydrogens (tertiary/aromatic N) is 1. The van der Waals surface area contributed by atoms with Gasteiger partial charge in [0.05, 0.1) is 7.11 Å². The summed E-state index contributed by atoms with van der Waals surface area (Å²) in [6.07, 6.45) is 2.43. The van der Waals surface area contributed by atoms with Crippen LogP contribution in [0.15, 0.2) is 42.5 Å². The van der Waals surface area contributed by atoms with Gasteiger partial charge in [-0.05, 0) is 67.4 Å². The van der Waals surface area contributed by atoms with Crippen molar-refractivity contribution in [3.05, 3.63) is 59.4 Å². The molecular weight excluding hydrogens is 414 g/mol. The van der Waals surface area contributed by atoms with E-state index in [0.717, 1.165) is 38.2 Å². The van der Waals surface area contributed by atoms with Crippen LogP contribution in [0.3, 0.4) is 0 Å². The number of methoxy groups -OCH3 is 1. The molecule has 0 amide bonds. The Bertz CT molecular complexity index is 832. The number of piperidine rings is 1. The zero-order valence-corrected chi connectivity index (χ0v) is 18.0. The topological polar surface area (TPSA) is 41.6 Å². The molecule has 0 bridgehead atoms. The Labute approximate surface area is 183 Å². The number of Topliss-reactive ketones (excluding diaryl/α,β-unsaturated/α-hetero) is 1. The van der Waals surface area contributed by atoms with E-state index in [1.54, 1.807) is 19.2 Å². The van der Waals surface area contributed by atoms with Crippen LogP contribution >= 0.6 is 24.8 Å². The van der Waals surface area contributed by atoms with E-state index in [9.17, 15) is 9.18 Å². The smallest absolute Gasteiger partial charge is 0.162 e. The Morgan fingerprint density at radius 2 is 1.97 bits per heavy atom. The molecule has 29 heavy (non-hydrogen) atoms. The lowest BCUT2D eigenvalue weighted by Gasteiger charge is -2.35. The van der Waals surface area contributed by atoms with E-state index in [-0.39, 0.29) is 36.4 Å². The van der Waals surface area contributed by atoms with Crippen molar-refractivity contribution < 1.29 is 13.9 Å². The van der Waals surface area contributed by atoms with Crippen LogP contribution in [0.25, 0.3) is 0 Å². The second kappa shape index (κ2) is 10.3. The van der Waals surface area contributed by atoms with Crippen molar-refractivity contribution >= 4 is 36.3 Å². The van der Waals surface area contributed by atoms with Crippen molar-refractivity contribution in [1.82, 2.24) is 4.90 Å². The Balaban J connectivity index is 0.00000150. The molecule has 0 spiro atoms. The molecule has 2 aliphatic rings. The van der Waals surface area contributed by atoms with Gasteiger partial charge in [0.25, 0.3) is 0 Å². The highest BCUT2D eigenvalue weighted by molar-refractivity contribution is 5.95. The molecule has 2 aromatic rings. The molecule has 0 aliphatic carbocycles. The summed E-state index contributed by atoms with van der Waals surface area (Å²) in [6, 6.07) is 12.6. The third kappa shape index (κ3) is 5.21. The molecule has 2 aliphatic heterocycles. The number of ether oxygens (including phenoxy) is 1. The summed E-state index contributed by atoms with van der Waals surface area (Å²) < 4.78 is 18.4. The van der Waals surface area contributed by atoms with Crippen molar-refractivity contribution in [3.63, 3.8) is 0 Å². The Morgan fingerprint density at radius 1 is 1.21 bits per heavy atom. The van der Waals surface area contributed by atoms with Crippen molar-refractivity contribution in [1.29, 1.82) is 0 Å². The molecule has 1 saturated heterocycles. The van der Waals surface area contributed by atoms with Gasteiger partial charge in [0.2, 0.25) is 0 Å². The number of benzene rings is 2. The predicted octanol–water partition coefficient (Wildman–Crippen LogP) is 4.92. The minimum Gasteiger partial charge on any atom is -0.497 e. The van der Waals surface area contributed by atoms with Gasteiger partial charge in [-0.1, -0.05) is 0 Å². The lowest BCUT2D eigenvalue weighted by Crippen LogP contribution is -2.42. The van der Waals surface area contributed by atoms with Crippen LogP contribution in [-0.2, 0) is 0 Å². The molecule has 2 aromatic carbocycles. The summed E-state index contributed by atoms with van der Waals surface area (Å²) in [5.41, 5.74) is 3.15. The second-order valence-electron chi connectivity index (χ2n) is 7.43. The fourth-order valence-electron chi connectivity index (χ4n) is 4.26. The maximum atomic E-state index is 13.0. The van der Waals surface area contributed by atoms with Crippen molar-refractivity contribution in [2.45, 2.75) is 31.2 Å². The second-order valence-corrected chi connectivity index (χ2v) is 7.43. The molecule has 158 valence electrons. The Morgan fingerprint density at radius 3 is 2.69 bits per heavy atom. The average molecular weight is 441 g/mol. The standard InChI is InChI=1S/C22H25FN2O2.2ClH/c1-27-17-8-9-20-18(13-17)19-14-25(12-10-21(19)24-20)11-2-3-22(26)15-4-6-16(23)7-5-15;;/h4-9,13,19,21,24H,2-3,10-12,14H2,1H3;2*1H. The number of halogens is 3. The molecule has 7 heteroatoms. The fourth-order valence-corrected chi connectivity index (χ4v) is 4.26. The third-order valence-electron chi connectivity index (χ3n) is 5.74. The largest absolute Gasteiger partial charge is 0.497 e. The summed E-state index contributed by atoms with van der Waals surface area (Å²) in [5, 5.41) is 3.64. The van der Waals surface area contributed by atoms with E-state index in [1.165, 1.54) is 23.4 Å². The summed E-state index contributed by atoms with van der Waals surface area (Å²) >= 11 is 0. The van der Waals surface area contributed by atoms with Crippen LogP contribution in [0.4, 0.5) is 10.1 Å². The predicted molar refractivity (Wildman–Crippen MR) is 119 cm³/mol. The van der Waals surface area contributed by atoms with E-state index in [0.29, 0.717) is 23.9 Å². The van der Waals surface area contributed by atoms with Gasteiger partial charge in [0.15, 0.2) is 5.78 Å². The minimum atomic E-state index is -0.309. The van der Waals surface area contributed by atoms with Gasteiger partial charge in [-0.2, -0.15) is 0 Å². The summed E-state index contributed by atoms with van der Waals surface area (Å²) in [6.45, 7) is 2.96. The maximum Gasteiger partial charge on any atom is 0.162 e. The first-order valence-electron chi connectivity index (χ1n) is 9.59. The maximum absolute atomic E-state index is 13.0. The van der Waals surface area contributed by atoms with Gasteiger partial charge >= 0.3 is 0 Å². The SMILES string of the molecule is COc1ccc2c(c1)C1CN(CCCC(=O)c3ccc(F)cc3)CCC1N2.Cl.Cl. The average Bonchev–Trinajstić information content (AvgIpc) is 3.05. The molecule has 0 aromatic heterocycles. The first kappa shape index (κ1) is 23.5. The van der Waals surface area contributed by atoms with Crippen LogP contribution < -0.4 is 10.1 Å². The number of hydrogen-bond acceptors (Lipinski definition) is 4. The van der Waals surface area contributed by atoms with Crippen LogP contribution in [-0.4, -0.2) is 43.5 Å². The van der Waals surface area contributed by atoms with E-state index in [2.05, 4.69) is 22.3 Å². The quantitative estimate of drug-likeness (QED) is 0.646. The zero-order chi connectivity index (χ0) is 18.8. The summed E-state index contributed by atoms with van der Waals surface area (Å²) in [4.78, 5) is 14.7. The number of anilines is 1. The van der Waals surface area contributed by atoms with Gasteiger partial charge < -0.3 is 15.0 Å². The molecule has 2 unspecified atom stereocenters. The molecule has 4 rings (SSSR count). The highest BCUT2D eigenvalue weighted by atomic mass is 35.5. The highest BCUT2D eigenvalue weighted by Crippen LogP contribution is 2.41. The summed E-state index contributed by atoms with van der Waals surface area (Å²) in [5.74, 6) is 1.15.